The molecule has 0 bridgehead atoms. The van der Waals surface area contributed by atoms with E-state index in [9.17, 15) is 8.78 Å². The lowest BCUT2D eigenvalue weighted by Crippen LogP contribution is -2.42. The Morgan fingerprint density at radius 3 is 2.48 bits per heavy atom. The molecular formula is C15H24F2N2O2. The molecule has 1 aromatic rings. The minimum absolute atomic E-state index is 0.119. The summed E-state index contributed by atoms with van der Waals surface area (Å²) in [7, 11) is 1.63. The van der Waals surface area contributed by atoms with E-state index < -0.39 is 6.61 Å². The van der Waals surface area contributed by atoms with Gasteiger partial charge in [-0.15, -0.1) is 0 Å². The molecule has 21 heavy (non-hydrogen) atoms. The summed E-state index contributed by atoms with van der Waals surface area (Å²) in [5.41, 5.74) is 6.56. The number of ether oxygens (including phenoxy) is 2. The molecule has 120 valence electrons. The number of hydrogen-bond donors (Lipinski definition) is 1. The van der Waals surface area contributed by atoms with Crippen LogP contribution in [0.3, 0.4) is 0 Å². The van der Waals surface area contributed by atoms with Crippen LogP contribution in [0.5, 0.6) is 5.75 Å². The summed E-state index contributed by atoms with van der Waals surface area (Å²) in [5.74, 6) is 0.172. The summed E-state index contributed by atoms with van der Waals surface area (Å²) < 4.78 is 34.9. The first-order chi connectivity index (χ1) is 10.0. The summed E-state index contributed by atoms with van der Waals surface area (Å²) in [4.78, 5) is 2.12. The maximum atomic E-state index is 12.5. The van der Waals surface area contributed by atoms with Crippen molar-refractivity contribution in [3.8, 4) is 5.75 Å². The van der Waals surface area contributed by atoms with Crippen molar-refractivity contribution in [2.75, 3.05) is 26.8 Å². The van der Waals surface area contributed by atoms with Gasteiger partial charge >= 0.3 is 6.61 Å². The van der Waals surface area contributed by atoms with Crippen molar-refractivity contribution in [1.29, 1.82) is 0 Å². The topological polar surface area (TPSA) is 47.7 Å². The molecule has 0 saturated heterocycles. The lowest BCUT2D eigenvalue weighted by molar-refractivity contribution is -0.0514. The second-order valence-corrected chi connectivity index (χ2v) is 4.80. The molecule has 0 aliphatic heterocycles. The van der Waals surface area contributed by atoms with E-state index in [1.807, 2.05) is 13.8 Å². The van der Waals surface area contributed by atoms with Crippen LogP contribution in [0.2, 0.25) is 0 Å². The van der Waals surface area contributed by atoms with Crippen molar-refractivity contribution in [3.05, 3.63) is 29.8 Å². The van der Waals surface area contributed by atoms with Gasteiger partial charge in [-0.1, -0.05) is 25.1 Å². The molecule has 2 N–H and O–H groups in total. The number of hydrogen-bond acceptors (Lipinski definition) is 4. The summed E-state index contributed by atoms with van der Waals surface area (Å²) in [6, 6.07) is 6.70. The molecule has 2 atom stereocenters. The van der Waals surface area contributed by atoms with E-state index in [4.69, 9.17) is 10.5 Å². The average Bonchev–Trinajstić information content (AvgIpc) is 2.45. The van der Waals surface area contributed by atoms with Crippen LogP contribution in [0.25, 0.3) is 0 Å². The minimum atomic E-state index is -2.85. The number of halogens is 2. The molecule has 0 radical (unpaired) electrons. The van der Waals surface area contributed by atoms with Crippen molar-refractivity contribution in [2.24, 2.45) is 5.73 Å². The highest BCUT2D eigenvalue weighted by Gasteiger charge is 2.25. The van der Waals surface area contributed by atoms with E-state index in [1.54, 1.807) is 31.4 Å². The number of alkyl halides is 2. The normalized spacial score (nSPS) is 14.5. The van der Waals surface area contributed by atoms with Gasteiger partial charge in [0.15, 0.2) is 0 Å². The molecule has 1 rings (SSSR count). The molecule has 0 aliphatic carbocycles. The fraction of sp³-hybridized carbons (Fsp3) is 0.600. The Hall–Kier alpha value is -1.24. The first kappa shape index (κ1) is 17.8. The van der Waals surface area contributed by atoms with Gasteiger partial charge in [0, 0.05) is 25.3 Å². The highest BCUT2D eigenvalue weighted by molar-refractivity contribution is 5.36. The van der Waals surface area contributed by atoms with Gasteiger partial charge in [0.1, 0.15) is 5.75 Å². The van der Waals surface area contributed by atoms with Crippen LogP contribution in [0.15, 0.2) is 24.3 Å². The molecule has 0 aromatic heterocycles. The molecule has 4 nitrogen and oxygen atoms in total. The minimum Gasteiger partial charge on any atom is -0.434 e. The Morgan fingerprint density at radius 1 is 1.29 bits per heavy atom. The Morgan fingerprint density at radius 2 is 1.95 bits per heavy atom. The van der Waals surface area contributed by atoms with Gasteiger partial charge in [0.25, 0.3) is 0 Å². The first-order valence-corrected chi connectivity index (χ1v) is 7.03. The molecule has 0 heterocycles. The molecule has 2 unspecified atom stereocenters. The third kappa shape index (κ3) is 4.91. The van der Waals surface area contributed by atoms with E-state index in [0.29, 0.717) is 18.7 Å². The second kappa shape index (κ2) is 8.92. The third-order valence-corrected chi connectivity index (χ3v) is 3.46. The van der Waals surface area contributed by atoms with Crippen LogP contribution < -0.4 is 10.5 Å². The van der Waals surface area contributed by atoms with Gasteiger partial charge in [0.2, 0.25) is 0 Å². The predicted octanol–water partition coefficient (Wildman–Crippen LogP) is 2.64. The Labute approximate surface area is 124 Å². The SMILES string of the molecule is CCN(C(C)COC)C(CN)c1ccccc1OC(F)F. The van der Waals surface area contributed by atoms with Gasteiger partial charge < -0.3 is 15.2 Å². The molecule has 0 saturated carbocycles. The fourth-order valence-corrected chi connectivity index (χ4v) is 2.58. The lowest BCUT2D eigenvalue weighted by Gasteiger charge is -2.35. The molecule has 6 heteroatoms. The number of nitrogens with zero attached hydrogens (tertiary/aromatic N) is 1. The summed E-state index contributed by atoms with van der Waals surface area (Å²) in [6.07, 6.45) is 0. The number of nitrogens with two attached hydrogens (primary N) is 1. The van der Waals surface area contributed by atoms with Crippen LogP contribution in [-0.4, -0.2) is 44.4 Å². The van der Waals surface area contributed by atoms with Crippen LogP contribution in [-0.2, 0) is 4.74 Å². The second-order valence-electron chi connectivity index (χ2n) is 4.80. The van der Waals surface area contributed by atoms with E-state index in [0.717, 1.165) is 6.54 Å². The Balaban J connectivity index is 3.07. The van der Waals surface area contributed by atoms with Crippen LogP contribution in [0, 0.1) is 0 Å². The smallest absolute Gasteiger partial charge is 0.387 e. The zero-order chi connectivity index (χ0) is 15.8. The van der Waals surface area contributed by atoms with E-state index >= 15 is 0 Å². The molecule has 0 aliphatic rings. The first-order valence-electron chi connectivity index (χ1n) is 7.03. The lowest BCUT2D eigenvalue weighted by atomic mass is 10.0. The number of benzene rings is 1. The number of methoxy groups -OCH3 is 1. The average molecular weight is 302 g/mol. The van der Waals surface area contributed by atoms with E-state index in [1.165, 1.54) is 0 Å². The van der Waals surface area contributed by atoms with Crippen molar-refractivity contribution >= 4 is 0 Å². The van der Waals surface area contributed by atoms with Gasteiger partial charge in [-0.05, 0) is 19.5 Å². The largest absolute Gasteiger partial charge is 0.434 e. The maximum absolute atomic E-state index is 12.5. The van der Waals surface area contributed by atoms with Crippen molar-refractivity contribution < 1.29 is 18.3 Å². The van der Waals surface area contributed by atoms with E-state index in [2.05, 4.69) is 9.64 Å². The van der Waals surface area contributed by atoms with Gasteiger partial charge in [-0.25, -0.2) is 0 Å². The molecular weight excluding hydrogens is 278 g/mol. The van der Waals surface area contributed by atoms with Crippen LogP contribution in [0.4, 0.5) is 8.78 Å². The zero-order valence-corrected chi connectivity index (χ0v) is 12.8. The maximum Gasteiger partial charge on any atom is 0.387 e. The molecule has 0 fully saturated rings. The van der Waals surface area contributed by atoms with Gasteiger partial charge in [-0.3, -0.25) is 4.90 Å². The zero-order valence-electron chi connectivity index (χ0n) is 12.8. The van der Waals surface area contributed by atoms with Crippen LogP contribution in [0.1, 0.15) is 25.5 Å². The summed E-state index contributed by atoms with van der Waals surface area (Å²) >= 11 is 0. The number of rotatable bonds is 9. The molecule has 0 amide bonds. The summed E-state index contributed by atoms with van der Waals surface area (Å²) in [6.45, 7) is 2.76. The van der Waals surface area contributed by atoms with E-state index in [-0.39, 0.29) is 17.8 Å². The number of para-hydroxylation sites is 1. The van der Waals surface area contributed by atoms with Gasteiger partial charge in [0.05, 0.1) is 12.6 Å². The van der Waals surface area contributed by atoms with Crippen molar-refractivity contribution in [3.63, 3.8) is 0 Å². The van der Waals surface area contributed by atoms with Gasteiger partial charge in [-0.2, -0.15) is 8.78 Å². The van der Waals surface area contributed by atoms with Crippen molar-refractivity contribution in [2.45, 2.75) is 32.5 Å². The van der Waals surface area contributed by atoms with Crippen molar-refractivity contribution in [1.82, 2.24) is 4.90 Å². The Kier molecular flexibility index (Phi) is 7.56. The third-order valence-electron chi connectivity index (χ3n) is 3.46. The molecule has 1 aromatic carbocycles. The number of likely N-dealkylation sites (N-methyl/N-ethyl adjacent to an activating group) is 1. The predicted molar refractivity (Wildman–Crippen MR) is 78.6 cm³/mol. The van der Waals surface area contributed by atoms with Crippen LogP contribution >= 0.6 is 0 Å². The quantitative estimate of drug-likeness (QED) is 0.762. The monoisotopic (exact) mass is 302 g/mol. The highest BCUT2D eigenvalue weighted by Crippen LogP contribution is 2.31. The summed E-state index contributed by atoms with van der Waals surface area (Å²) in [5, 5.41) is 0. The fourth-order valence-electron chi connectivity index (χ4n) is 2.58. The highest BCUT2D eigenvalue weighted by atomic mass is 19.3. The Bertz CT molecular complexity index is 418. The molecule has 0 spiro atoms. The standard InChI is InChI=1S/C15H24F2N2O2/c1-4-19(11(2)10-20-3)13(9-18)12-7-5-6-8-14(12)21-15(16)17/h5-8,11,13,15H,4,9-10,18H2,1-3H3.